The second-order valence-electron chi connectivity index (χ2n) is 19.6. The molecule has 0 radical (unpaired) electrons. The smallest absolute Gasteiger partial charge is 0.462 e. The number of ether oxygens (including phenoxy) is 3. The second kappa shape index (κ2) is 39.3. The summed E-state index contributed by atoms with van der Waals surface area (Å²) in [6.45, 7) is 4.35. The van der Waals surface area contributed by atoms with Gasteiger partial charge in [-0.2, -0.15) is 9.29 Å². The predicted octanol–water partition coefficient (Wildman–Crippen LogP) is 10.8. The minimum atomic E-state index is -5.45. The Morgan fingerprint density at radius 2 is 1.26 bits per heavy atom. The highest BCUT2D eigenvalue weighted by Gasteiger charge is 2.46. The molecule has 19 nitrogen and oxygen atoms in total. The van der Waals surface area contributed by atoms with Crippen LogP contribution in [0, 0.1) is 5.92 Å². The number of phosphoric acid groups is 2. The minimum Gasteiger partial charge on any atom is -0.462 e. The largest absolute Gasteiger partial charge is 0.481 e. The third-order valence-electron chi connectivity index (χ3n) is 12.4. The van der Waals surface area contributed by atoms with Gasteiger partial charge in [-0.1, -0.05) is 174 Å². The van der Waals surface area contributed by atoms with E-state index in [1.807, 2.05) is 6.08 Å². The van der Waals surface area contributed by atoms with E-state index in [2.05, 4.69) is 36.1 Å². The first-order valence-corrected chi connectivity index (χ1v) is 30.2. The lowest BCUT2D eigenvalue weighted by Gasteiger charge is -2.21. The number of esters is 2. The highest BCUT2D eigenvalue weighted by atomic mass is 31.3. The summed E-state index contributed by atoms with van der Waals surface area (Å²) >= 11 is 0. The molecule has 7 atom stereocenters. The van der Waals surface area contributed by atoms with Crippen LogP contribution >= 0.6 is 15.6 Å². The monoisotopic (exact) mass is 1080 g/mol. The normalized spacial score (nSPS) is 19.1. The highest BCUT2D eigenvalue weighted by molar-refractivity contribution is 7.61. The Morgan fingerprint density at radius 1 is 0.726 bits per heavy atom. The average molecular weight is 1080 g/mol. The van der Waals surface area contributed by atoms with Crippen molar-refractivity contribution in [2.45, 2.75) is 238 Å². The number of nitrogen functional groups attached to an aromatic ring is 1. The van der Waals surface area contributed by atoms with Crippen molar-refractivity contribution < 1.29 is 71.1 Å². The quantitative estimate of drug-likeness (QED) is 0.0133. The minimum absolute atomic E-state index is 0.0311. The number of hydrogen-bond donors (Lipinski definition) is 5. The summed E-state index contributed by atoms with van der Waals surface area (Å²) in [5, 5.41) is 20.9. The van der Waals surface area contributed by atoms with E-state index in [0.29, 0.717) is 32.1 Å². The van der Waals surface area contributed by atoms with E-state index >= 15 is 0 Å². The van der Waals surface area contributed by atoms with Gasteiger partial charge in [0, 0.05) is 25.5 Å². The maximum Gasteiger partial charge on any atom is 0.481 e. The molecule has 1 aromatic rings. The lowest BCUT2D eigenvalue weighted by Crippen LogP contribution is -2.36. The van der Waals surface area contributed by atoms with Crippen molar-refractivity contribution in [3.8, 4) is 0 Å². The van der Waals surface area contributed by atoms with Crippen LogP contribution in [0.15, 0.2) is 41.4 Å². The van der Waals surface area contributed by atoms with Gasteiger partial charge in [0.05, 0.1) is 13.2 Å². The molecule has 0 saturated carbocycles. The number of allylic oxidation sites excluding steroid dienone is 4. The molecule has 2 rings (SSSR count). The fourth-order valence-electron chi connectivity index (χ4n) is 8.19. The molecule has 0 aromatic carbocycles. The molecular formula is C52H91N3O16P2. The molecule has 0 bridgehead atoms. The molecule has 1 fully saturated rings. The number of aliphatic hydroxyl groups excluding tert-OH is 2. The Labute approximate surface area is 434 Å². The lowest BCUT2D eigenvalue weighted by molar-refractivity contribution is -0.161. The van der Waals surface area contributed by atoms with Crippen LogP contribution in [0.4, 0.5) is 5.82 Å². The molecule has 1 aliphatic rings. The summed E-state index contributed by atoms with van der Waals surface area (Å²) in [5.74, 6) is -0.529. The average Bonchev–Trinajstić information content (AvgIpc) is 3.61. The Balaban J connectivity index is 1.78. The number of aromatic nitrogens is 2. The van der Waals surface area contributed by atoms with E-state index in [0.717, 1.165) is 74.5 Å². The van der Waals surface area contributed by atoms with Crippen LogP contribution in [0.5, 0.6) is 0 Å². The SMILES string of the molecule is CCCCC/C=C\C=C\C(=O)CCCCCCCC(=O)O[C@H](COC(=O)CCCCCCCCCCCCCCCCCCC(C)C)COP(=O)(O)OP(=O)(O)OC[C@H]1O[C@@H](n2ccc(N)nc2=O)[C@H](O)[C@@H]1O. The highest BCUT2D eigenvalue weighted by Crippen LogP contribution is 2.60. The fraction of sp³-hybridized carbons (Fsp3) is 0.788. The van der Waals surface area contributed by atoms with Gasteiger partial charge in [0.2, 0.25) is 0 Å². The number of rotatable bonds is 45. The zero-order valence-corrected chi connectivity index (χ0v) is 45.9. The van der Waals surface area contributed by atoms with Crippen LogP contribution in [0.2, 0.25) is 0 Å². The molecule has 0 amide bonds. The molecule has 1 aliphatic heterocycles. The first-order valence-electron chi connectivity index (χ1n) is 27.2. The lowest BCUT2D eigenvalue weighted by atomic mass is 10.0. The molecule has 0 aliphatic carbocycles. The van der Waals surface area contributed by atoms with Crippen LogP contribution in [-0.4, -0.2) is 91.5 Å². The van der Waals surface area contributed by atoms with Gasteiger partial charge in [-0.15, -0.1) is 0 Å². The number of carbonyl (C=O) groups is 3. The molecule has 73 heavy (non-hydrogen) atoms. The van der Waals surface area contributed by atoms with Crippen LogP contribution in [0.1, 0.15) is 213 Å². The third kappa shape index (κ3) is 32.8. The number of phosphoric ester groups is 2. The van der Waals surface area contributed by atoms with E-state index < -0.39 is 83.7 Å². The van der Waals surface area contributed by atoms with Gasteiger partial charge in [-0.3, -0.25) is 28.0 Å². The second-order valence-corrected chi connectivity index (χ2v) is 22.6. The molecular weight excluding hydrogens is 985 g/mol. The fourth-order valence-corrected chi connectivity index (χ4v) is 10.3. The van der Waals surface area contributed by atoms with Crippen molar-refractivity contribution in [2.24, 2.45) is 5.92 Å². The van der Waals surface area contributed by atoms with Gasteiger partial charge >= 0.3 is 33.3 Å². The van der Waals surface area contributed by atoms with Crippen molar-refractivity contribution in [1.82, 2.24) is 9.55 Å². The van der Waals surface area contributed by atoms with Gasteiger partial charge in [0.1, 0.15) is 30.7 Å². The van der Waals surface area contributed by atoms with Gasteiger partial charge in [-0.25, -0.2) is 13.9 Å². The molecule has 6 N–H and O–H groups in total. The Morgan fingerprint density at radius 3 is 1.82 bits per heavy atom. The van der Waals surface area contributed by atoms with Crippen molar-refractivity contribution in [2.75, 3.05) is 25.6 Å². The number of nitrogens with zero attached hydrogens (tertiary/aromatic N) is 2. The number of hydrogen-bond acceptors (Lipinski definition) is 16. The number of carbonyl (C=O) groups excluding carboxylic acids is 3. The number of nitrogens with two attached hydrogens (primary N) is 1. The number of ketones is 1. The Bertz CT molecular complexity index is 1900. The summed E-state index contributed by atoms with van der Waals surface area (Å²) in [6, 6.07) is 1.24. The van der Waals surface area contributed by atoms with Crippen molar-refractivity contribution in [3.63, 3.8) is 0 Å². The summed E-state index contributed by atoms with van der Waals surface area (Å²) in [6.07, 6.45) is 29.3. The third-order valence-corrected chi connectivity index (χ3v) is 15.0. The van der Waals surface area contributed by atoms with Crippen molar-refractivity contribution >= 4 is 39.2 Å². The van der Waals surface area contributed by atoms with Crippen LogP contribution in [0.3, 0.4) is 0 Å². The summed E-state index contributed by atoms with van der Waals surface area (Å²) < 4.78 is 56.8. The summed E-state index contributed by atoms with van der Waals surface area (Å²) in [4.78, 5) is 74.2. The Hall–Kier alpha value is -3.09. The maximum atomic E-state index is 12.9. The zero-order chi connectivity index (χ0) is 53.7. The van der Waals surface area contributed by atoms with Crippen molar-refractivity contribution in [1.29, 1.82) is 0 Å². The maximum absolute atomic E-state index is 12.9. The standard InChI is InChI=1S/C52H91N3O16P2/c1-4-5-6-7-18-23-28-33-43(56)34-29-24-21-26-31-36-48(58)69-44(39-66-47(57)35-30-25-20-17-15-13-11-9-8-10-12-14-16-19-22-27-32-42(2)3)40-67-72(62,63)71-73(64,65)68-41-45-49(59)50(60)51(70-45)55-38-37-46(53)54-52(55)61/h18,23,28,33,37-38,42,44-45,49-51,59-60H,4-17,19-22,24-27,29-32,34-36,39-41H2,1-3H3,(H,62,63)(H,64,65)(H2,53,54,61)/b23-18-,33-28+/t44-,45-,49-,50-,51-/m1/s1. The van der Waals surface area contributed by atoms with E-state index in [1.54, 1.807) is 12.2 Å². The Kier molecular flexibility index (Phi) is 35.6. The topological polar surface area (TPSA) is 283 Å². The molecule has 0 spiro atoms. The van der Waals surface area contributed by atoms with Crippen LogP contribution < -0.4 is 11.4 Å². The van der Waals surface area contributed by atoms with Gasteiger partial charge in [0.15, 0.2) is 18.1 Å². The van der Waals surface area contributed by atoms with Crippen molar-refractivity contribution in [3.05, 3.63) is 47.1 Å². The van der Waals surface area contributed by atoms with E-state index in [1.165, 1.54) is 89.5 Å². The van der Waals surface area contributed by atoms with Gasteiger partial charge in [0.25, 0.3) is 0 Å². The molecule has 1 saturated heterocycles. The predicted molar refractivity (Wildman–Crippen MR) is 280 cm³/mol. The van der Waals surface area contributed by atoms with Gasteiger partial charge < -0.3 is 39.9 Å². The summed E-state index contributed by atoms with van der Waals surface area (Å²) in [7, 11) is -10.9. The van der Waals surface area contributed by atoms with Crippen LogP contribution in [-0.2, 0) is 51.1 Å². The summed E-state index contributed by atoms with van der Waals surface area (Å²) in [5.41, 5.74) is 4.58. The molecule has 21 heteroatoms. The van der Waals surface area contributed by atoms with E-state index in [9.17, 15) is 48.3 Å². The molecule has 2 heterocycles. The molecule has 1 aromatic heterocycles. The number of aliphatic hydroxyl groups is 2. The van der Waals surface area contributed by atoms with E-state index in [4.69, 9.17) is 29.0 Å². The van der Waals surface area contributed by atoms with E-state index in [-0.39, 0.29) is 24.4 Å². The zero-order valence-electron chi connectivity index (χ0n) is 44.1. The number of unbranched alkanes of at least 4 members (excludes halogenated alkanes) is 22. The number of anilines is 1. The molecule has 2 unspecified atom stereocenters. The van der Waals surface area contributed by atoms with Gasteiger partial charge in [-0.05, 0) is 50.2 Å². The first kappa shape index (κ1) is 66.0. The van der Waals surface area contributed by atoms with Crippen LogP contribution in [0.25, 0.3) is 0 Å². The molecule has 420 valence electrons. The first-order chi connectivity index (χ1) is 34.9.